The molecule has 2 aromatic rings. The molecule has 1 unspecified atom stereocenters. The molecule has 0 N–H and O–H groups in total. The van der Waals surface area contributed by atoms with Gasteiger partial charge in [0.25, 0.3) is 5.91 Å². The second-order valence-corrected chi connectivity index (χ2v) is 8.15. The second kappa shape index (κ2) is 10.1. The van der Waals surface area contributed by atoms with Crippen molar-refractivity contribution in [3.8, 4) is 0 Å². The van der Waals surface area contributed by atoms with Gasteiger partial charge in [-0.3, -0.25) is 14.5 Å². The van der Waals surface area contributed by atoms with Gasteiger partial charge in [-0.15, -0.1) is 0 Å². The summed E-state index contributed by atoms with van der Waals surface area (Å²) in [6.07, 6.45) is 2.41. The molecule has 8 heteroatoms. The highest BCUT2D eigenvalue weighted by Gasteiger charge is 2.26. The molecule has 1 aromatic heterocycles. The van der Waals surface area contributed by atoms with Crippen LogP contribution in [0.4, 0.5) is 0 Å². The molecule has 0 radical (unpaired) electrons. The van der Waals surface area contributed by atoms with Crippen LogP contribution < -0.4 is 0 Å². The van der Waals surface area contributed by atoms with Crippen molar-refractivity contribution in [1.82, 2.24) is 19.7 Å². The number of rotatable bonds is 7. The van der Waals surface area contributed by atoms with Crippen LogP contribution in [0.5, 0.6) is 0 Å². The molecular weight excluding hydrogens is 404 g/mol. The molecule has 0 aliphatic carbocycles. The van der Waals surface area contributed by atoms with Crippen molar-refractivity contribution in [1.29, 1.82) is 0 Å². The highest BCUT2D eigenvalue weighted by molar-refractivity contribution is 6.30. The quantitative estimate of drug-likeness (QED) is 0.670. The Labute approximate surface area is 182 Å². The number of carbonyl (C=O) groups is 2. The Kier molecular flexibility index (Phi) is 7.50. The lowest BCUT2D eigenvalue weighted by molar-refractivity contribution is -0.130. The Balaban J connectivity index is 1.64. The van der Waals surface area contributed by atoms with E-state index in [2.05, 4.69) is 23.7 Å². The highest BCUT2D eigenvalue weighted by atomic mass is 35.5. The molecule has 1 aromatic carbocycles. The molecular formula is C22H29ClN4O3. The van der Waals surface area contributed by atoms with E-state index in [1.165, 1.54) is 6.26 Å². The van der Waals surface area contributed by atoms with Gasteiger partial charge in [0.2, 0.25) is 11.8 Å². The summed E-state index contributed by atoms with van der Waals surface area (Å²) in [5.74, 6) is 0.400. The van der Waals surface area contributed by atoms with E-state index in [-0.39, 0.29) is 11.8 Å². The number of piperazine rings is 1. The fourth-order valence-electron chi connectivity index (χ4n) is 3.54. The van der Waals surface area contributed by atoms with E-state index in [0.717, 1.165) is 12.0 Å². The fourth-order valence-corrected chi connectivity index (χ4v) is 3.75. The van der Waals surface area contributed by atoms with Gasteiger partial charge in [-0.25, -0.2) is 4.98 Å². The van der Waals surface area contributed by atoms with Gasteiger partial charge in [0.15, 0.2) is 5.69 Å². The van der Waals surface area contributed by atoms with E-state index in [9.17, 15) is 9.59 Å². The van der Waals surface area contributed by atoms with E-state index in [1.807, 2.05) is 24.3 Å². The number of hydrogen-bond acceptors (Lipinski definition) is 5. The number of aromatic nitrogens is 1. The van der Waals surface area contributed by atoms with Crippen molar-refractivity contribution in [2.45, 2.75) is 46.3 Å². The van der Waals surface area contributed by atoms with Gasteiger partial charge < -0.3 is 14.2 Å². The summed E-state index contributed by atoms with van der Waals surface area (Å²) >= 11 is 6.13. The van der Waals surface area contributed by atoms with Gasteiger partial charge in [0.05, 0.1) is 6.54 Å². The molecule has 162 valence electrons. The molecule has 1 saturated heterocycles. The third kappa shape index (κ3) is 5.61. The number of nitrogens with zero attached hydrogens (tertiary/aromatic N) is 4. The summed E-state index contributed by atoms with van der Waals surface area (Å²) in [6, 6.07) is 8.13. The first kappa shape index (κ1) is 22.3. The van der Waals surface area contributed by atoms with E-state index < -0.39 is 0 Å². The number of oxazole rings is 1. The van der Waals surface area contributed by atoms with E-state index in [4.69, 9.17) is 16.0 Å². The van der Waals surface area contributed by atoms with Gasteiger partial charge in [0.1, 0.15) is 6.26 Å². The summed E-state index contributed by atoms with van der Waals surface area (Å²) < 4.78 is 5.63. The van der Waals surface area contributed by atoms with Crippen LogP contribution in [0.2, 0.25) is 5.02 Å². The zero-order chi connectivity index (χ0) is 21.7. The van der Waals surface area contributed by atoms with Crippen LogP contribution in [0.15, 0.2) is 34.9 Å². The molecule has 2 amide bonds. The molecule has 3 rings (SSSR count). The SMILES string of the molecule is CCC(C)N(Cc1cccc(Cl)c1)Cc1nc(C(=O)N2CCN(C(C)=O)CC2)co1. The van der Waals surface area contributed by atoms with Crippen LogP contribution in [0, 0.1) is 0 Å². The van der Waals surface area contributed by atoms with Crippen molar-refractivity contribution in [2.24, 2.45) is 0 Å². The lowest BCUT2D eigenvalue weighted by Gasteiger charge is -2.33. The summed E-state index contributed by atoms with van der Waals surface area (Å²) in [6.45, 7) is 9.19. The van der Waals surface area contributed by atoms with Gasteiger partial charge in [-0.2, -0.15) is 0 Å². The van der Waals surface area contributed by atoms with Gasteiger partial charge in [-0.05, 0) is 31.0 Å². The first-order valence-electron chi connectivity index (χ1n) is 10.3. The number of amides is 2. The van der Waals surface area contributed by atoms with Gasteiger partial charge in [-0.1, -0.05) is 30.7 Å². The maximum atomic E-state index is 12.8. The molecule has 2 heterocycles. The maximum absolute atomic E-state index is 12.8. The zero-order valence-corrected chi connectivity index (χ0v) is 18.6. The minimum atomic E-state index is -0.155. The number of halogens is 1. The predicted octanol–water partition coefficient (Wildman–Crippen LogP) is 3.43. The molecule has 0 bridgehead atoms. The third-order valence-electron chi connectivity index (χ3n) is 5.61. The topological polar surface area (TPSA) is 69.9 Å². The predicted molar refractivity (Wildman–Crippen MR) is 115 cm³/mol. The first-order chi connectivity index (χ1) is 14.4. The molecule has 0 spiro atoms. The molecule has 1 fully saturated rings. The van der Waals surface area contributed by atoms with Crippen LogP contribution in [0.25, 0.3) is 0 Å². The lowest BCUT2D eigenvalue weighted by Crippen LogP contribution is -2.50. The molecule has 7 nitrogen and oxygen atoms in total. The molecule has 1 atom stereocenters. The second-order valence-electron chi connectivity index (χ2n) is 7.72. The van der Waals surface area contributed by atoms with Gasteiger partial charge >= 0.3 is 0 Å². The summed E-state index contributed by atoms with van der Waals surface area (Å²) in [4.78, 5) is 34.4. The lowest BCUT2D eigenvalue weighted by atomic mass is 10.1. The molecule has 30 heavy (non-hydrogen) atoms. The average molecular weight is 433 g/mol. The Bertz CT molecular complexity index is 877. The van der Waals surface area contributed by atoms with Crippen molar-refractivity contribution >= 4 is 23.4 Å². The summed E-state index contributed by atoms with van der Waals surface area (Å²) in [5, 5.41) is 0.713. The molecule has 1 aliphatic rings. The normalized spacial score (nSPS) is 15.5. The smallest absolute Gasteiger partial charge is 0.275 e. The van der Waals surface area contributed by atoms with Crippen molar-refractivity contribution in [3.05, 3.63) is 52.7 Å². The van der Waals surface area contributed by atoms with E-state index in [1.54, 1.807) is 16.7 Å². The van der Waals surface area contributed by atoms with Crippen LogP contribution in [0.1, 0.15) is 49.1 Å². The third-order valence-corrected chi connectivity index (χ3v) is 5.85. The maximum Gasteiger partial charge on any atom is 0.275 e. The van der Waals surface area contributed by atoms with Crippen molar-refractivity contribution in [3.63, 3.8) is 0 Å². The summed E-state index contributed by atoms with van der Waals surface area (Å²) in [5.41, 5.74) is 1.43. The zero-order valence-electron chi connectivity index (χ0n) is 17.8. The minimum Gasteiger partial charge on any atom is -0.447 e. The van der Waals surface area contributed by atoms with E-state index >= 15 is 0 Å². The highest BCUT2D eigenvalue weighted by Crippen LogP contribution is 2.18. The van der Waals surface area contributed by atoms with Crippen molar-refractivity contribution in [2.75, 3.05) is 26.2 Å². The van der Waals surface area contributed by atoms with Crippen LogP contribution in [-0.2, 0) is 17.9 Å². The Hall–Kier alpha value is -2.38. The average Bonchev–Trinajstić information content (AvgIpc) is 3.21. The molecule has 0 saturated carbocycles. The fraction of sp³-hybridized carbons (Fsp3) is 0.500. The van der Waals surface area contributed by atoms with Crippen LogP contribution in [0.3, 0.4) is 0 Å². The Morgan fingerprint density at radius 2 is 1.90 bits per heavy atom. The Morgan fingerprint density at radius 1 is 1.20 bits per heavy atom. The Morgan fingerprint density at radius 3 is 2.53 bits per heavy atom. The van der Waals surface area contributed by atoms with Crippen LogP contribution in [-0.4, -0.2) is 63.7 Å². The van der Waals surface area contributed by atoms with Gasteiger partial charge in [0, 0.05) is 50.7 Å². The largest absolute Gasteiger partial charge is 0.447 e. The number of carbonyl (C=O) groups excluding carboxylic acids is 2. The number of benzene rings is 1. The molecule has 1 aliphatic heterocycles. The first-order valence-corrected chi connectivity index (χ1v) is 10.7. The van der Waals surface area contributed by atoms with Crippen molar-refractivity contribution < 1.29 is 14.0 Å². The number of hydrogen-bond donors (Lipinski definition) is 0. The van der Waals surface area contributed by atoms with Crippen LogP contribution >= 0.6 is 11.6 Å². The monoisotopic (exact) mass is 432 g/mol. The summed E-state index contributed by atoms with van der Waals surface area (Å²) in [7, 11) is 0. The van der Waals surface area contributed by atoms with E-state index in [0.29, 0.717) is 61.9 Å². The minimum absolute atomic E-state index is 0.0376. The standard InChI is InChI=1S/C22H29ClN4O3/c1-4-16(2)27(13-18-6-5-7-19(23)12-18)14-21-24-20(15-30-21)22(29)26-10-8-25(9-11-26)17(3)28/h5-7,12,15-16H,4,8-11,13-14H2,1-3H3.